The molecule has 112 valence electrons. The Morgan fingerprint density at radius 1 is 0.667 bits per heavy atom. The molecule has 0 radical (unpaired) electrons. The highest BCUT2D eigenvalue weighted by molar-refractivity contribution is 5.68. The molecule has 0 spiro atoms. The first-order valence-electron chi connectivity index (χ1n) is 7.31. The molecule has 0 amide bonds. The predicted molar refractivity (Wildman–Crippen MR) is 86.8 cm³/mol. The SMILES string of the molecule is CC(C)(C)OOC(C)(C)c1ccccc1-c1ccccc1. The molecule has 0 bridgehead atoms. The lowest BCUT2D eigenvalue weighted by atomic mass is 9.89. The molecule has 0 saturated heterocycles. The van der Waals surface area contributed by atoms with Gasteiger partial charge in [0.15, 0.2) is 0 Å². The Morgan fingerprint density at radius 2 is 1.24 bits per heavy atom. The van der Waals surface area contributed by atoms with Gasteiger partial charge in [-0.25, -0.2) is 9.78 Å². The summed E-state index contributed by atoms with van der Waals surface area (Å²) < 4.78 is 0. The van der Waals surface area contributed by atoms with Gasteiger partial charge in [0.1, 0.15) is 5.60 Å². The first kappa shape index (κ1) is 15.7. The lowest BCUT2D eigenvalue weighted by Crippen LogP contribution is -2.29. The lowest BCUT2D eigenvalue weighted by Gasteiger charge is -2.30. The fraction of sp³-hybridized carbons (Fsp3) is 0.368. The molecule has 21 heavy (non-hydrogen) atoms. The summed E-state index contributed by atoms with van der Waals surface area (Å²) in [6.07, 6.45) is 0. The number of hydrogen-bond donors (Lipinski definition) is 0. The molecule has 0 aliphatic carbocycles. The number of hydrogen-bond acceptors (Lipinski definition) is 2. The van der Waals surface area contributed by atoms with E-state index < -0.39 is 5.60 Å². The van der Waals surface area contributed by atoms with Gasteiger partial charge in [-0.2, -0.15) is 0 Å². The van der Waals surface area contributed by atoms with E-state index in [1.165, 1.54) is 11.1 Å². The molecular weight excluding hydrogens is 260 g/mol. The van der Waals surface area contributed by atoms with Gasteiger partial charge >= 0.3 is 0 Å². The van der Waals surface area contributed by atoms with E-state index in [1.54, 1.807) is 0 Å². The third kappa shape index (κ3) is 4.16. The molecular formula is C19H24O2. The van der Waals surface area contributed by atoms with Crippen LogP contribution < -0.4 is 0 Å². The van der Waals surface area contributed by atoms with Gasteiger partial charge in [0.05, 0.1) is 5.60 Å². The minimum absolute atomic E-state index is 0.334. The van der Waals surface area contributed by atoms with Crippen molar-refractivity contribution in [3.63, 3.8) is 0 Å². The van der Waals surface area contributed by atoms with Crippen molar-refractivity contribution < 1.29 is 9.78 Å². The monoisotopic (exact) mass is 284 g/mol. The molecule has 2 heteroatoms. The van der Waals surface area contributed by atoms with E-state index in [4.69, 9.17) is 9.78 Å². The van der Waals surface area contributed by atoms with Gasteiger partial charge in [-0.15, -0.1) is 0 Å². The Hall–Kier alpha value is -1.64. The molecule has 0 atom stereocenters. The molecule has 0 saturated carbocycles. The fourth-order valence-electron chi connectivity index (χ4n) is 2.15. The summed E-state index contributed by atoms with van der Waals surface area (Å²) in [5.74, 6) is 0. The summed E-state index contributed by atoms with van der Waals surface area (Å²) in [5.41, 5.74) is 2.60. The maximum atomic E-state index is 5.74. The second-order valence-corrected chi connectivity index (χ2v) is 6.70. The van der Waals surface area contributed by atoms with E-state index in [2.05, 4.69) is 24.3 Å². The molecule has 0 aliphatic rings. The van der Waals surface area contributed by atoms with Crippen LogP contribution in [-0.4, -0.2) is 5.60 Å². The van der Waals surface area contributed by atoms with Crippen LogP contribution in [0.25, 0.3) is 11.1 Å². The third-order valence-electron chi connectivity index (χ3n) is 3.16. The zero-order chi connectivity index (χ0) is 15.5. The first-order chi connectivity index (χ1) is 9.80. The number of benzene rings is 2. The highest BCUT2D eigenvalue weighted by Gasteiger charge is 2.28. The molecule has 2 aromatic carbocycles. The van der Waals surface area contributed by atoms with Crippen LogP contribution in [0.2, 0.25) is 0 Å². The van der Waals surface area contributed by atoms with E-state index in [9.17, 15) is 0 Å². The van der Waals surface area contributed by atoms with Crippen LogP contribution in [0.1, 0.15) is 40.2 Å². The molecule has 0 heterocycles. The van der Waals surface area contributed by atoms with Crippen LogP contribution in [0, 0.1) is 0 Å². The van der Waals surface area contributed by atoms with Crippen molar-refractivity contribution in [3.8, 4) is 11.1 Å². The smallest absolute Gasteiger partial charge is 0.123 e. The van der Waals surface area contributed by atoms with Crippen molar-refractivity contribution in [2.45, 2.75) is 45.8 Å². The lowest BCUT2D eigenvalue weighted by molar-refractivity contribution is -0.401. The molecule has 2 aromatic rings. The van der Waals surface area contributed by atoms with Gasteiger partial charge < -0.3 is 0 Å². The largest absolute Gasteiger partial charge is 0.230 e. The number of rotatable bonds is 4. The summed E-state index contributed by atoms with van der Waals surface area (Å²) >= 11 is 0. The quantitative estimate of drug-likeness (QED) is 0.557. The normalized spacial score (nSPS) is 12.4. The molecule has 0 aromatic heterocycles. The van der Waals surface area contributed by atoms with Crippen molar-refractivity contribution in [1.82, 2.24) is 0 Å². The standard InChI is InChI=1S/C19H24O2/c1-18(2,3)20-21-19(4,5)17-14-10-9-13-16(17)15-11-7-6-8-12-15/h6-14H,1-5H3. The van der Waals surface area contributed by atoms with Gasteiger partial charge in [-0.1, -0.05) is 54.6 Å². The maximum Gasteiger partial charge on any atom is 0.123 e. The molecule has 2 rings (SSSR count). The van der Waals surface area contributed by atoms with Gasteiger partial charge in [-0.05, 0) is 51.3 Å². The summed E-state index contributed by atoms with van der Waals surface area (Å²) in [5, 5.41) is 0. The van der Waals surface area contributed by atoms with E-state index in [0.717, 1.165) is 5.56 Å². The Balaban J connectivity index is 2.36. The van der Waals surface area contributed by atoms with Crippen molar-refractivity contribution in [2.24, 2.45) is 0 Å². The van der Waals surface area contributed by atoms with E-state index in [-0.39, 0.29) is 5.60 Å². The molecule has 0 fully saturated rings. The minimum atomic E-state index is -0.528. The van der Waals surface area contributed by atoms with Crippen LogP contribution in [-0.2, 0) is 15.4 Å². The molecule has 0 aliphatic heterocycles. The van der Waals surface area contributed by atoms with Crippen LogP contribution in [0.15, 0.2) is 54.6 Å². The summed E-state index contributed by atoms with van der Waals surface area (Å²) in [6.45, 7) is 9.99. The van der Waals surface area contributed by atoms with Gasteiger partial charge in [0.2, 0.25) is 0 Å². The van der Waals surface area contributed by atoms with E-state index in [0.29, 0.717) is 0 Å². The van der Waals surface area contributed by atoms with Gasteiger partial charge in [0.25, 0.3) is 0 Å². The second kappa shape index (κ2) is 6.00. The average Bonchev–Trinajstić information content (AvgIpc) is 2.46. The van der Waals surface area contributed by atoms with Crippen molar-refractivity contribution in [1.29, 1.82) is 0 Å². The fourth-order valence-corrected chi connectivity index (χ4v) is 2.15. The maximum absolute atomic E-state index is 5.74. The van der Waals surface area contributed by atoms with E-state index in [1.807, 2.05) is 65.0 Å². The van der Waals surface area contributed by atoms with Crippen LogP contribution in [0.5, 0.6) is 0 Å². The van der Waals surface area contributed by atoms with Gasteiger partial charge in [-0.3, -0.25) is 0 Å². The van der Waals surface area contributed by atoms with E-state index >= 15 is 0 Å². The van der Waals surface area contributed by atoms with Crippen LogP contribution in [0.4, 0.5) is 0 Å². The highest BCUT2D eigenvalue weighted by atomic mass is 17.2. The van der Waals surface area contributed by atoms with Crippen LogP contribution >= 0.6 is 0 Å². The van der Waals surface area contributed by atoms with Gasteiger partial charge in [0, 0.05) is 0 Å². The summed E-state index contributed by atoms with van der Waals surface area (Å²) in [7, 11) is 0. The summed E-state index contributed by atoms with van der Waals surface area (Å²) in [4.78, 5) is 11.3. The Morgan fingerprint density at radius 3 is 1.86 bits per heavy atom. The topological polar surface area (TPSA) is 18.5 Å². The zero-order valence-electron chi connectivity index (χ0n) is 13.5. The predicted octanol–water partition coefficient (Wildman–Crippen LogP) is 5.34. The molecule has 0 unspecified atom stereocenters. The zero-order valence-corrected chi connectivity index (χ0v) is 13.5. The average molecular weight is 284 g/mol. The Kier molecular flexibility index (Phi) is 4.50. The summed E-state index contributed by atoms with van der Waals surface area (Å²) in [6, 6.07) is 18.6. The van der Waals surface area contributed by atoms with Crippen molar-refractivity contribution in [2.75, 3.05) is 0 Å². The van der Waals surface area contributed by atoms with Crippen molar-refractivity contribution in [3.05, 3.63) is 60.2 Å². The Labute approximate surface area is 127 Å². The van der Waals surface area contributed by atoms with Crippen molar-refractivity contribution >= 4 is 0 Å². The molecule has 0 N–H and O–H groups in total. The Bertz CT molecular complexity index is 580. The highest BCUT2D eigenvalue weighted by Crippen LogP contribution is 2.34. The first-order valence-corrected chi connectivity index (χ1v) is 7.31. The third-order valence-corrected chi connectivity index (χ3v) is 3.16. The van der Waals surface area contributed by atoms with Crippen LogP contribution in [0.3, 0.4) is 0 Å². The minimum Gasteiger partial charge on any atom is -0.230 e. The molecule has 2 nitrogen and oxygen atoms in total. The second-order valence-electron chi connectivity index (χ2n) is 6.70.